The largest absolute Gasteiger partial charge is 0.481 e. The van der Waals surface area contributed by atoms with Crippen LogP contribution < -0.4 is 5.32 Å². The Kier molecular flexibility index (Phi) is 5.44. The minimum atomic E-state index is -0.746. The number of esters is 1. The van der Waals surface area contributed by atoms with Gasteiger partial charge in [0, 0.05) is 19.1 Å². The van der Waals surface area contributed by atoms with Gasteiger partial charge in [-0.25, -0.2) is 9.59 Å². The Balaban J connectivity index is 1.60. The maximum atomic E-state index is 12.6. The van der Waals surface area contributed by atoms with E-state index in [4.69, 9.17) is 9.84 Å². The number of methoxy groups -OCH3 is 1. The number of urea groups is 1. The lowest BCUT2D eigenvalue weighted by Gasteiger charge is -2.33. The van der Waals surface area contributed by atoms with Gasteiger partial charge in [0.2, 0.25) is 0 Å². The lowest BCUT2D eigenvalue weighted by Crippen LogP contribution is -2.48. The Morgan fingerprint density at radius 1 is 1.19 bits per heavy atom. The predicted octanol–water partition coefficient (Wildman–Crippen LogP) is 2.18. The molecule has 1 fully saturated rings. The second kappa shape index (κ2) is 7.76. The molecular weight excluding hydrogens is 336 g/mol. The maximum absolute atomic E-state index is 12.6. The van der Waals surface area contributed by atoms with Gasteiger partial charge in [-0.3, -0.25) is 4.79 Å². The number of carbonyl (C=O) groups excluding carboxylic acids is 2. The minimum absolute atomic E-state index is 0.0286. The Bertz CT molecular complexity index is 710. The van der Waals surface area contributed by atoms with Crippen LogP contribution in [0.3, 0.4) is 0 Å². The van der Waals surface area contributed by atoms with Gasteiger partial charge in [0.15, 0.2) is 0 Å². The zero-order valence-electron chi connectivity index (χ0n) is 14.9. The van der Waals surface area contributed by atoms with Crippen molar-refractivity contribution in [1.82, 2.24) is 10.2 Å². The number of aliphatic carboxylic acids is 1. The van der Waals surface area contributed by atoms with Crippen LogP contribution in [0.25, 0.3) is 0 Å². The fraction of sp³-hybridized carbons (Fsp3) is 0.526. The lowest BCUT2D eigenvalue weighted by molar-refractivity contribution is -0.142. The van der Waals surface area contributed by atoms with Crippen molar-refractivity contribution in [3.8, 4) is 0 Å². The predicted molar refractivity (Wildman–Crippen MR) is 93.8 cm³/mol. The molecule has 0 atom stereocenters. The number of rotatable bonds is 3. The van der Waals surface area contributed by atoms with E-state index in [-0.39, 0.29) is 24.0 Å². The van der Waals surface area contributed by atoms with Crippen LogP contribution in [0.2, 0.25) is 0 Å². The molecule has 1 aliphatic heterocycles. The summed E-state index contributed by atoms with van der Waals surface area (Å²) < 4.78 is 4.83. The standard InChI is InChI=1S/C19H24N2O5/c1-26-18(24)16-4-2-3-13-11-21(10-9-15(13)16)19(25)20-14-7-5-12(6-8-14)17(22)23/h2-4,12,14H,5-11H2,1H3,(H,20,25)(H,22,23). The quantitative estimate of drug-likeness (QED) is 0.806. The maximum Gasteiger partial charge on any atom is 0.338 e. The van der Waals surface area contributed by atoms with Crippen molar-refractivity contribution < 1.29 is 24.2 Å². The zero-order valence-corrected chi connectivity index (χ0v) is 14.9. The third-order valence-corrected chi connectivity index (χ3v) is 5.36. The molecule has 1 saturated carbocycles. The first-order chi connectivity index (χ1) is 12.5. The molecule has 0 saturated heterocycles. The van der Waals surface area contributed by atoms with E-state index < -0.39 is 5.97 Å². The van der Waals surface area contributed by atoms with Gasteiger partial charge in [0.05, 0.1) is 18.6 Å². The molecule has 7 nitrogen and oxygen atoms in total. The average molecular weight is 360 g/mol. The van der Waals surface area contributed by atoms with E-state index in [0.717, 1.165) is 11.1 Å². The first-order valence-electron chi connectivity index (χ1n) is 8.97. The third kappa shape index (κ3) is 3.81. The second-order valence-electron chi connectivity index (χ2n) is 6.94. The topological polar surface area (TPSA) is 95.9 Å². The van der Waals surface area contributed by atoms with Crippen LogP contribution in [-0.4, -0.2) is 47.7 Å². The molecule has 0 radical (unpaired) electrons. The highest BCUT2D eigenvalue weighted by atomic mass is 16.5. The van der Waals surface area contributed by atoms with Gasteiger partial charge in [0.1, 0.15) is 0 Å². The summed E-state index contributed by atoms with van der Waals surface area (Å²) in [6, 6.07) is 5.39. The van der Waals surface area contributed by atoms with Gasteiger partial charge in [-0.05, 0) is 49.3 Å². The first kappa shape index (κ1) is 18.2. The monoisotopic (exact) mass is 360 g/mol. The van der Waals surface area contributed by atoms with Crippen LogP contribution in [0, 0.1) is 5.92 Å². The fourth-order valence-electron chi connectivity index (χ4n) is 3.83. The molecule has 2 aliphatic rings. The van der Waals surface area contributed by atoms with Gasteiger partial charge in [-0.1, -0.05) is 12.1 Å². The lowest BCUT2D eigenvalue weighted by atomic mass is 9.86. The Labute approximate surface area is 152 Å². The molecule has 0 bridgehead atoms. The number of hydrogen-bond acceptors (Lipinski definition) is 4. The number of carbonyl (C=O) groups is 3. The normalized spacial score (nSPS) is 22.3. The number of hydrogen-bond donors (Lipinski definition) is 2. The number of nitrogens with one attached hydrogen (secondary N) is 1. The van der Waals surface area contributed by atoms with Crippen LogP contribution in [0.5, 0.6) is 0 Å². The summed E-state index contributed by atoms with van der Waals surface area (Å²) in [7, 11) is 1.36. The van der Waals surface area contributed by atoms with Gasteiger partial charge in [-0.2, -0.15) is 0 Å². The Morgan fingerprint density at radius 2 is 1.92 bits per heavy atom. The highest BCUT2D eigenvalue weighted by Gasteiger charge is 2.29. The highest BCUT2D eigenvalue weighted by Crippen LogP contribution is 2.26. The molecule has 1 aromatic rings. The van der Waals surface area contributed by atoms with Crippen molar-refractivity contribution in [2.45, 2.75) is 44.7 Å². The van der Waals surface area contributed by atoms with Crippen LogP contribution >= 0.6 is 0 Å². The van der Waals surface area contributed by atoms with E-state index in [9.17, 15) is 14.4 Å². The van der Waals surface area contributed by atoms with E-state index in [1.807, 2.05) is 6.07 Å². The highest BCUT2D eigenvalue weighted by molar-refractivity contribution is 5.91. The van der Waals surface area contributed by atoms with Crippen molar-refractivity contribution in [2.24, 2.45) is 5.92 Å². The van der Waals surface area contributed by atoms with Gasteiger partial charge < -0.3 is 20.1 Å². The van der Waals surface area contributed by atoms with Crippen LogP contribution in [0.4, 0.5) is 4.79 Å². The summed E-state index contributed by atoms with van der Waals surface area (Å²) in [4.78, 5) is 37.2. The Hall–Kier alpha value is -2.57. The number of carboxylic acids is 1. The van der Waals surface area contributed by atoms with E-state index >= 15 is 0 Å². The van der Waals surface area contributed by atoms with E-state index in [0.29, 0.717) is 50.8 Å². The van der Waals surface area contributed by atoms with Crippen LogP contribution in [0.15, 0.2) is 18.2 Å². The molecule has 0 aromatic heterocycles. The molecule has 7 heteroatoms. The molecule has 0 spiro atoms. The zero-order chi connectivity index (χ0) is 18.7. The smallest absolute Gasteiger partial charge is 0.338 e. The third-order valence-electron chi connectivity index (χ3n) is 5.36. The summed E-state index contributed by atoms with van der Waals surface area (Å²) in [6.45, 7) is 0.994. The summed E-state index contributed by atoms with van der Waals surface area (Å²) >= 11 is 0. The van der Waals surface area contributed by atoms with E-state index in [1.165, 1.54) is 7.11 Å². The number of nitrogens with zero attached hydrogens (tertiary/aromatic N) is 1. The van der Waals surface area contributed by atoms with Gasteiger partial charge >= 0.3 is 18.0 Å². The SMILES string of the molecule is COC(=O)c1cccc2c1CCN(C(=O)NC1CCC(C(=O)O)CC1)C2. The van der Waals surface area contributed by atoms with Crippen LogP contribution in [0.1, 0.15) is 47.2 Å². The average Bonchev–Trinajstić information content (AvgIpc) is 2.66. The summed E-state index contributed by atoms with van der Waals surface area (Å²) in [5, 5.41) is 12.1. The van der Waals surface area contributed by atoms with Crippen molar-refractivity contribution in [3.05, 3.63) is 34.9 Å². The number of benzene rings is 1. The first-order valence-corrected chi connectivity index (χ1v) is 8.97. The Morgan fingerprint density at radius 3 is 2.58 bits per heavy atom. The molecule has 0 unspecified atom stereocenters. The number of fused-ring (bicyclic) bond motifs is 1. The number of carboxylic acid groups (broad SMARTS) is 1. The van der Waals surface area contributed by atoms with Crippen LogP contribution in [-0.2, 0) is 22.5 Å². The van der Waals surface area contributed by atoms with Gasteiger partial charge in [-0.15, -0.1) is 0 Å². The van der Waals surface area contributed by atoms with Crippen molar-refractivity contribution in [2.75, 3.05) is 13.7 Å². The molecule has 1 heterocycles. The second-order valence-corrected chi connectivity index (χ2v) is 6.94. The molecular formula is C19H24N2O5. The molecule has 3 rings (SSSR count). The van der Waals surface area contributed by atoms with E-state index in [1.54, 1.807) is 17.0 Å². The van der Waals surface area contributed by atoms with Gasteiger partial charge in [0.25, 0.3) is 0 Å². The van der Waals surface area contributed by atoms with Crippen molar-refractivity contribution in [3.63, 3.8) is 0 Å². The molecule has 2 amide bonds. The molecule has 140 valence electrons. The number of amides is 2. The summed E-state index contributed by atoms with van der Waals surface area (Å²) in [5.41, 5.74) is 2.48. The summed E-state index contributed by atoms with van der Waals surface area (Å²) in [6.07, 6.45) is 3.20. The molecule has 26 heavy (non-hydrogen) atoms. The summed E-state index contributed by atoms with van der Waals surface area (Å²) in [5.74, 6) is -1.39. The fourth-order valence-corrected chi connectivity index (χ4v) is 3.83. The minimum Gasteiger partial charge on any atom is -0.481 e. The van der Waals surface area contributed by atoms with Crippen molar-refractivity contribution in [1.29, 1.82) is 0 Å². The van der Waals surface area contributed by atoms with E-state index in [2.05, 4.69) is 5.32 Å². The van der Waals surface area contributed by atoms with Crippen molar-refractivity contribution >= 4 is 18.0 Å². The molecule has 1 aromatic carbocycles. The molecule has 1 aliphatic carbocycles. The molecule has 2 N–H and O–H groups in total. The number of ether oxygens (including phenoxy) is 1.